The van der Waals surface area contributed by atoms with E-state index in [-0.39, 0.29) is 6.03 Å². The van der Waals surface area contributed by atoms with Crippen molar-refractivity contribution >= 4 is 12.0 Å². The van der Waals surface area contributed by atoms with Crippen molar-refractivity contribution in [3.8, 4) is 0 Å². The van der Waals surface area contributed by atoms with Crippen molar-refractivity contribution in [2.24, 2.45) is 0 Å². The predicted molar refractivity (Wildman–Crippen MR) is 80.3 cm³/mol. The molecule has 0 saturated carbocycles. The summed E-state index contributed by atoms with van der Waals surface area (Å²) in [6, 6.07) is 0.307. The fourth-order valence-corrected chi connectivity index (χ4v) is 3.44. The van der Waals surface area contributed by atoms with E-state index in [0.29, 0.717) is 12.6 Å². The molecule has 2 heterocycles. The molecule has 0 bridgehead atoms. The van der Waals surface area contributed by atoms with Crippen LogP contribution >= 0.6 is 0 Å². The van der Waals surface area contributed by atoms with Crippen molar-refractivity contribution in [1.82, 2.24) is 14.7 Å². The summed E-state index contributed by atoms with van der Waals surface area (Å²) in [6.07, 6.45) is 3.30. The summed E-state index contributed by atoms with van der Waals surface area (Å²) in [5.74, 6) is -0.963. The summed E-state index contributed by atoms with van der Waals surface area (Å²) in [7, 11) is 0. The minimum absolute atomic E-state index is 0.140. The first kappa shape index (κ1) is 16.1. The third-order valence-corrected chi connectivity index (χ3v) is 4.82. The van der Waals surface area contributed by atoms with Gasteiger partial charge in [-0.25, -0.2) is 9.59 Å². The van der Waals surface area contributed by atoms with Crippen molar-refractivity contribution in [2.75, 3.05) is 32.7 Å². The van der Waals surface area contributed by atoms with Crippen LogP contribution in [0, 0.1) is 0 Å². The van der Waals surface area contributed by atoms with E-state index < -0.39 is 11.5 Å². The number of fused-ring (bicyclic) bond motifs is 1. The maximum absolute atomic E-state index is 12.8. The monoisotopic (exact) mass is 297 g/mol. The van der Waals surface area contributed by atoms with Crippen LogP contribution in [0.3, 0.4) is 0 Å². The molecule has 2 saturated heterocycles. The second-order valence-corrected chi connectivity index (χ2v) is 6.52. The molecule has 0 aromatic carbocycles. The summed E-state index contributed by atoms with van der Waals surface area (Å²) in [5, 5.41) is 9.38. The van der Waals surface area contributed by atoms with Gasteiger partial charge in [0.05, 0.1) is 0 Å². The normalized spacial score (nSPS) is 23.6. The third-order valence-electron chi connectivity index (χ3n) is 4.82. The Bertz CT molecular complexity index is 411. The molecule has 2 fully saturated rings. The summed E-state index contributed by atoms with van der Waals surface area (Å²) in [5.41, 5.74) is -1.17. The number of carboxylic acid groups (broad SMARTS) is 1. The molecule has 120 valence electrons. The average Bonchev–Trinajstić information content (AvgIpc) is 2.76. The Hall–Kier alpha value is -1.30. The minimum atomic E-state index is -1.17. The number of likely N-dealkylation sites (N-methyl/N-ethyl adjacent to an activating group) is 1. The van der Waals surface area contributed by atoms with Gasteiger partial charge in [-0.2, -0.15) is 0 Å². The molecule has 21 heavy (non-hydrogen) atoms. The van der Waals surface area contributed by atoms with Crippen LogP contribution in [-0.2, 0) is 4.79 Å². The number of carboxylic acids is 1. The van der Waals surface area contributed by atoms with Crippen LogP contribution in [-0.4, -0.2) is 76.1 Å². The molecule has 2 amide bonds. The van der Waals surface area contributed by atoms with E-state index in [1.165, 1.54) is 11.3 Å². The standard InChI is InChI=1S/C15H27N3O3/c1-4-18(15(2,3)13(19)20)14(21)17-10-6-9-16-8-5-7-12(16)11-17/h12H,4-11H2,1-3H3,(H,19,20). The van der Waals surface area contributed by atoms with Gasteiger partial charge < -0.3 is 14.9 Å². The van der Waals surface area contributed by atoms with Gasteiger partial charge in [0.1, 0.15) is 5.54 Å². The van der Waals surface area contributed by atoms with Gasteiger partial charge in [0.15, 0.2) is 0 Å². The highest BCUT2D eigenvalue weighted by molar-refractivity contribution is 5.85. The van der Waals surface area contributed by atoms with Gasteiger partial charge in [0.25, 0.3) is 0 Å². The molecule has 0 aromatic rings. The smallest absolute Gasteiger partial charge is 0.329 e. The van der Waals surface area contributed by atoms with Crippen LogP contribution in [0.15, 0.2) is 0 Å². The van der Waals surface area contributed by atoms with Crippen molar-refractivity contribution in [1.29, 1.82) is 0 Å². The van der Waals surface area contributed by atoms with Crippen LogP contribution in [0.4, 0.5) is 4.79 Å². The first-order valence-electron chi connectivity index (χ1n) is 7.92. The second-order valence-electron chi connectivity index (χ2n) is 6.52. The van der Waals surface area contributed by atoms with Gasteiger partial charge >= 0.3 is 12.0 Å². The lowest BCUT2D eigenvalue weighted by Gasteiger charge is -2.38. The van der Waals surface area contributed by atoms with E-state index in [2.05, 4.69) is 4.90 Å². The van der Waals surface area contributed by atoms with Gasteiger partial charge in [-0.1, -0.05) is 0 Å². The molecular formula is C15H27N3O3. The zero-order chi connectivity index (χ0) is 15.6. The largest absolute Gasteiger partial charge is 0.480 e. The molecule has 6 nitrogen and oxygen atoms in total. The van der Waals surface area contributed by atoms with Gasteiger partial charge in [-0.15, -0.1) is 0 Å². The molecule has 2 rings (SSSR count). The Morgan fingerprint density at radius 3 is 2.52 bits per heavy atom. The quantitative estimate of drug-likeness (QED) is 0.856. The lowest BCUT2D eigenvalue weighted by molar-refractivity contribution is -0.147. The minimum Gasteiger partial charge on any atom is -0.480 e. The van der Waals surface area contributed by atoms with Gasteiger partial charge in [-0.05, 0) is 46.6 Å². The Balaban J connectivity index is 2.11. The van der Waals surface area contributed by atoms with Crippen LogP contribution in [0.25, 0.3) is 0 Å². The summed E-state index contributed by atoms with van der Waals surface area (Å²) in [6.45, 7) is 9.05. The fraction of sp³-hybridized carbons (Fsp3) is 0.867. The van der Waals surface area contributed by atoms with Gasteiger partial charge in [0.2, 0.25) is 0 Å². The molecule has 0 spiro atoms. The van der Waals surface area contributed by atoms with Crippen LogP contribution in [0.2, 0.25) is 0 Å². The molecular weight excluding hydrogens is 270 g/mol. The Labute approximate surface area is 126 Å². The Morgan fingerprint density at radius 1 is 1.24 bits per heavy atom. The zero-order valence-electron chi connectivity index (χ0n) is 13.3. The van der Waals surface area contributed by atoms with Crippen molar-refractivity contribution in [3.05, 3.63) is 0 Å². The fourth-order valence-electron chi connectivity index (χ4n) is 3.44. The number of rotatable bonds is 3. The molecule has 1 N–H and O–H groups in total. The SMILES string of the molecule is CCN(C(=O)N1CCCN2CCCC2C1)C(C)(C)C(=O)O. The third kappa shape index (κ3) is 3.15. The highest BCUT2D eigenvalue weighted by atomic mass is 16.4. The number of urea groups is 1. The number of amides is 2. The van der Waals surface area contributed by atoms with Crippen molar-refractivity contribution in [2.45, 2.75) is 51.6 Å². The first-order chi connectivity index (χ1) is 9.87. The highest BCUT2D eigenvalue weighted by Crippen LogP contribution is 2.24. The van der Waals surface area contributed by atoms with Crippen LogP contribution in [0.5, 0.6) is 0 Å². The van der Waals surface area contributed by atoms with E-state index in [0.717, 1.165) is 39.0 Å². The van der Waals surface area contributed by atoms with Crippen molar-refractivity contribution in [3.63, 3.8) is 0 Å². The number of aliphatic carboxylic acids is 1. The molecule has 2 aliphatic rings. The lowest BCUT2D eigenvalue weighted by Crippen LogP contribution is -2.57. The summed E-state index contributed by atoms with van der Waals surface area (Å²) < 4.78 is 0. The number of hydrogen-bond donors (Lipinski definition) is 1. The number of carbonyl (C=O) groups is 2. The van der Waals surface area contributed by atoms with E-state index in [4.69, 9.17) is 0 Å². The van der Waals surface area contributed by atoms with Gasteiger partial charge in [0, 0.05) is 32.2 Å². The average molecular weight is 297 g/mol. The van der Waals surface area contributed by atoms with E-state index in [9.17, 15) is 14.7 Å². The molecule has 0 radical (unpaired) electrons. The first-order valence-corrected chi connectivity index (χ1v) is 7.92. The maximum Gasteiger partial charge on any atom is 0.329 e. The maximum atomic E-state index is 12.8. The summed E-state index contributed by atoms with van der Waals surface area (Å²) in [4.78, 5) is 30.0. The highest BCUT2D eigenvalue weighted by Gasteiger charge is 2.40. The number of carbonyl (C=O) groups excluding carboxylic acids is 1. The number of hydrogen-bond acceptors (Lipinski definition) is 3. The Morgan fingerprint density at radius 2 is 1.90 bits per heavy atom. The molecule has 0 aromatic heterocycles. The molecule has 0 aliphatic carbocycles. The lowest BCUT2D eigenvalue weighted by atomic mass is 10.0. The van der Waals surface area contributed by atoms with Crippen LogP contribution < -0.4 is 0 Å². The van der Waals surface area contributed by atoms with E-state index in [1.54, 1.807) is 13.8 Å². The van der Waals surface area contributed by atoms with Crippen LogP contribution in [0.1, 0.15) is 40.0 Å². The van der Waals surface area contributed by atoms with E-state index >= 15 is 0 Å². The second kappa shape index (κ2) is 6.22. The molecule has 1 atom stereocenters. The zero-order valence-corrected chi connectivity index (χ0v) is 13.3. The number of nitrogens with zero attached hydrogens (tertiary/aromatic N) is 3. The van der Waals surface area contributed by atoms with Crippen molar-refractivity contribution < 1.29 is 14.7 Å². The molecule has 2 aliphatic heterocycles. The molecule has 1 unspecified atom stereocenters. The predicted octanol–water partition coefficient (Wildman–Crippen LogP) is 1.46. The Kier molecular flexibility index (Phi) is 4.76. The van der Waals surface area contributed by atoms with E-state index in [1.807, 2.05) is 11.8 Å². The van der Waals surface area contributed by atoms with Gasteiger partial charge in [-0.3, -0.25) is 4.90 Å². The molecule has 6 heteroatoms. The topological polar surface area (TPSA) is 64.1 Å². The summed E-state index contributed by atoms with van der Waals surface area (Å²) >= 11 is 0.